The monoisotopic (exact) mass is 372 g/mol. The van der Waals surface area contributed by atoms with Crippen molar-refractivity contribution < 1.29 is 13.2 Å². The first-order chi connectivity index (χ1) is 11.3. The SMILES string of the molecule is CCSC(SCC)=C(C#N)c1nc2cc(C(F)(F)F)ncc2n1C. The summed E-state index contributed by atoms with van der Waals surface area (Å²) in [5, 5.41) is 9.55. The Kier molecular flexibility index (Phi) is 5.83. The third-order valence-corrected chi connectivity index (χ3v) is 5.37. The van der Waals surface area contributed by atoms with Crippen LogP contribution in [0.2, 0.25) is 0 Å². The molecule has 0 unspecified atom stereocenters. The van der Waals surface area contributed by atoms with Gasteiger partial charge in [-0.2, -0.15) is 18.4 Å². The summed E-state index contributed by atoms with van der Waals surface area (Å²) < 4.78 is 40.9. The van der Waals surface area contributed by atoms with E-state index in [0.717, 1.165) is 28.0 Å². The van der Waals surface area contributed by atoms with E-state index in [0.29, 0.717) is 16.9 Å². The molecule has 2 aromatic heterocycles. The van der Waals surface area contributed by atoms with Gasteiger partial charge < -0.3 is 4.57 Å². The van der Waals surface area contributed by atoms with Gasteiger partial charge in [-0.05, 0) is 17.6 Å². The smallest absolute Gasteiger partial charge is 0.325 e. The molecule has 0 atom stereocenters. The predicted molar refractivity (Wildman–Crippen MR) is 92.3 cm³/mol. The van der Waals surface area contributed by atoms with Gasteiger partial charge in [0.15, 0.2) is 5.82 Å². The Labute approximate surface area is 146 Å². The molecule has 0 amide bonds. The second-order valence-electron chi connectivity index (χ2n) is 4.69. The van der Waals surface area contributed by atoms with Crippen LogP contribution in [0.5, 0.6) is 0 Å². The first-order valence-electron chi connectivity index (χ1n) is 7.13. The van der Waals surface area contributed by atoms with Gasteiger partial charge in [0, 0.05) is 7.05 Å². The number of imidazole rings is 1. The van der Waals surface area contributed by atoms with Gasteiger partial charge in [-0.25, -0.2) is 9.97 Å². The van der Waals surface area contributed by atoms with Gasteiger partial charge >= 0.3 is 6.18 Å². The summed E-state index contributed by atoms with van der Waals surface area (Å²) in [6, 6.07) is 3.06. The van der Waals surface area contributed by atoms with E-state index in [-0.39, 0.29) is 5.52 Å². The summed E-state index contributed by atoms with van der Waals surface area (Å²) in [6.45, 7) is 3.95. The Balaban J connectivity index is 2.65. The molecule has 0 N–H and O–H groups in total. The van der Waals surface area contributed by atoms with E-state index in [2.05, 4.69) is 16.0 Å². The van der Waals surface area contributed by atoms with Gasteiger partial charge in [0.25, 0.3) is 0 Å². The summed E-state index contributed by atoms with van der Waals surface area (Å²) >= 11 is 3.05. The van der Waals surface area contributed by atoms with Crippen molar-refractivity contribution in [1.82, 2.24) is 14.5 Å². The summed E-state index contributed by atoms with van der Waals surface area (Å²) in [5.74, 6) is 1.93. The number of halogens is 3. The second kappa shape index (κ2) is 7.49. The highest BCUT2D eigenvalue weighted by molar-refractivity contribution is 8.22. The van der Waals surface area contributed by atoms with Crippen molar-refractivity contribution in [2.45, 2.75) is 20.0 Å². The van der Waals surface area contributed by atoms with Crippen molar-refractivity contribution in [3.63, 3.8) is 0 Å². The molecule has 0 spiro atoms. The number of thioether (sulfide) groups is 2. The molecule has 4 nitrogen and oxygen atoms in total. The third kappa shape index (κ3) is 3.70. The molecule has 24 heavy (non-hydrogen) atoms. The van der Waals surface area contributed by atoms with Crippen LogP contribution in [0, 0.1) is 11.3 Å². The van der Waals surface area contributed by atoms with E-state index in [9.17, 15) is 18.4 Å². The molecule has 0 aliphatic carbocycles. The zero-order valence-electron chi connectivity index (χ0n) is 13.3. The molecule has 0 radical (unpaired) electrons. The largest absolute Gasteiger partial charge is 0.433 e. The van der Waals surface area contributed by atoms with E-state index in [1.54, 1.807) is 11.6 Å². The summed E-state index contributed by atoms with van der Waals surface area (Å²) in [5.41, 5.74) is 0.00667. The standard InChI is InChI=1S/C15H15F3N4S2/c1-4-23-14(24-5-2)9(7-19)13-21-10-6-12(15(16,17)18)20-8-11(10)22(13)3/h6,8H,4-5H2,1-3H3. The first-order valence-corrected chi connectivity index (χ1v) is 9.10. The fraction of sp³-hybridized carbons (Fsp3) is 0.400. The van der Waals surface area contributed by atoms with E-state index in [4.69, 9.17) is 0 Å². The molecule has 0 aliphatic rings. The number of nitrogens with zero attached hydrogens (tertiary/aromatic N) is 4. The maximum absolute atomic E-state index is 12.8. The van der Waals surface area contributed by atoms with Crippen molar-refractivity contribution >= 4 is 40.1 Å². The lowest BCUT2D eigenvalue weighted by atomic mass is 10.3. The van der Waals surface area contributed by atoms with Gasteiger partial charge in [0.1, 0.15) is 17.3 Å². The van der Waals surface area contributed by atoms with Crippen molar-refractivity contribution in [3.8, 4) is 6.07 Å². The van der Waals surface area contributed by atoms with Crippen molar-refractivity contribution in [2.24, 2.45) is 7.05 Å². The number of nitriles is 1. The molecule has 128 valence electrons. The molecular weight excluding hydrogens is 357 g/mol. The maximum atomic E-state index is 12.8. The number of rotatable bonds is 5. The quantitative estimate of drug-likeness (QED) is 0.713. The van der Waals surface area contributed by atoms with Crippen LogP contribution < -0.4 is 0 Å². The van der Waals surface area contributed by atoms with Crippen LogP contribution >= 0.6 is 23.5 Å². The normalized spacial score (nSPS) is 11.5. The van der Waals surface area contributed by atoms with Crippen molar-refractivity contribution in [2.75, 3.05) is 11.5 Å². The molecule has 2 rings (SSSR count). The minimum atomic E-state index is -4.53. The third-order valence-electron chi connectivity index (χ3n) is 3.15. The zero-order valence-corrected chi connectivity index (χ0v) is 14.9. The minimum absolute atomic E-state index is 0.171. The van der Waals surface area contributed by atoms with Crippen LogP contribution in [0.1, 0.15) is 25.4 Å². The van der Waals surface area contributed by atoms with Gasteiger partial charge in [-0.3, -0.25) is 0 Å². The lowest BCUT2D eigenvalue weighted by molar-refractivity contribution is -0.141. The summed E-state index contributed by atoms with van der Waals surface area (Å²) in [6.07, 6.45) is -3.38. The maximum Gasteiger partial charge on any atom is 0.433 e. The van der Waals surface area contributed by atoms with Gasteiger partial charge in [-0.1, -0.05) is 13.8 Å². The highest BCUT2D eigenvalue weighted by Gasteiger charge is 2.33. The predicted octanol–water partition coefficient (Wildman–Crippen LogP) is 4.69. The molecule has 2 aromatic rings. The molecular formula is C15H15F3N4S2. The second-order valence-corrected chi connectivity index (χ2v) is 7.50. The zero-order chi connectivity index (χ0) is 17.9. The number of hydrogen-bond donors (Lipinski definition) is 0. The number of aryl methyl sites for hydroxylation is 1. The molecule has 0 fully saturated rings. The molecule has 2 heterocycles. The summed E-state index contributed by atoms with van der Waals surface area (Å²) in [7, 11) is 1.67. The lowest BCUT2D eigenvalue weighted by Gasteiger charge is -2.08. The topological polar surface area (TPSA) is 54.5 Å². The molecule has 0 aliphatic heterocycles. The lowest BCUT2D eigenvalue weighted by Crippen LogP contribution is -2.07. The van der Waals surface area contributed by atoms with Gasteiger partial charge in [-0.15, -0.1) is 23.5 Å². The Morgan fingerprint density at radius 1 is 1.29 bits per heavy atom. The minimum Gasteiger partial charge on any atom is -0.325 e. The average molecular weight is 372 g/mol. The van der Waals surface area contributed by atoms with Crippen LogP contribution in [0.3, 0.4) is 0 Å². The fourth-order valence-electron chi connectivity index (χ4n) is 2.10. The van der Waals surface area contributed by atoms with E-state index in [1.165, 1.54) is 23.5 Å². The number of aromatic nitrogens is 3. The Bertz CT molecular complexity index is 810. The van der Waals surface area contributed by atoms with E-state index >= 15 is 0 Å². The van der Waals surface area contributed by atoms with Crippen molar-refractivity contribution in [1.29, 1.82) is 5.26 Å². The van der Waals surface area contributed by atoms with Crippen molar-refractivity contribution in [3.05, 3.63) is 28.0 Å². The van der Waals surface area contributed by atoms with E-state index in [1.807, 2.05) is 13.8 Å². The molecule has 0 aromatic carbocycles. The highest BCUT2D eigenvalue weighted by Crippen LogP contribution is 2.36. The highest BCUT2D eigenvalue weighted by atomic mass is 32.2. The van der Waals surface area contributed by atoms with Crippen LogP contribution in [0.4, 0.5) is 13.2 Å². The van der Waals surface area contributed by atoms with Crippen LogP contribution in [-0.4, -0.2) is 26.0 Å². The number of fused-ring (bicyclic) bond motifs is 1. The van der Waals surface area contributed by atoms with E-state index < -0.39 is 11.9 Å². The number of hydrogen-bond acceptors (Lipinski definition) is 5. The number of pyridine rings is 1. The van der Waals surface area contributed by atoms with Crippen LogP contribution in [0.15, 0.2) is 16.5 Å². The van der Waals surface area contributed by atoms with Crippen LogP contribution in [-0.2, 0) is 13.2 Å². The molecule has 9 heteroatoms. The van der Waals surface area contributed by atoms with Crippen LogP contribution in [0.25, 0.3) is 16.6 Å². The van der Waals surface area contributed by atoms with Gasteiger partial charge in [0.05, 0.1) is 21.5 Å². The summed E-state index contributed by atoms with van der Waals surface area (Å²) in [4.78, 5) is 7.72. The molecule has 0 saturated heterocycles. The molecule has 0 bridgehead atoms. The average Bonchev–Trinajstić information content (AvgIpc) is 2.84. The first kappa shape index (κ1) is 18.7. The Morgan fingerprint density at radius 2 is 1.92 bits per heavy atom. The number of allylic oxidation sites excluding steroid dienone is 1. The molecule has 0 saturated carbocycles. The fourth-order valence-corrected chi connectivity index (χ4v) is 4.23. The van der Waals surface area contributed by atoms with Gasteiger partial charge in [0.2, 0.25) is 0 Å². The Morgan fingerprint density at radius 3 is 2.42 bits per heavy atom. The Hall–Kier alpha value is -1.66. The number of alkyl halides is 3.